The van der Waals surface area contributed by atoms with Crippen LogP contribution in [0.15, 0.2) is 24.3 Å². The number of rotatable bonds is 9. The first-order valence-electron chi connectivity index (χ1n) is 7.65. The molecule has 1 aromatic carbocycles. The van der Waals surface area contributed by atoms with Gasteiger partial charge < -0.3 is 5.32 Å². The Hall–Kier alpha value is -1.07. The Morgan fingerprint density at radius 1 is 1.14 bits per heavy atom. The third kappa shape index (κ3) is 6.06. The van der Waals surface area contributed by atoms with Gasteiger partial charge in [0.25, 0.3) is 0 Å². The minimum absolute atomic E-state index is 0.193. The van der Waals surface area contributed by atoms with Gasteiger partial charge in [-0.25, -0.2) is 8.42 Å². The van der Waals surface area contributed by atoms with Crippen LogP contribution in [-0.4, -0.2) is 33.8 Å². The molecule has 0 radical (unpaired) electrons. The summed E-state index contributed by atoms with van der Waals surface area (Å²) in [6, 6.07) is 8.15. The van der Waals surface area contributed by atoms with Crippen molar-refractivity contribution in [3.05, 3.63) is 29.8 Å². The highest BCUT2D eigenvalue weighted by Gasteiger charge is 2.17. The highest BCUT2D eigenvalue weighted by Crippen LogP contribution is 2.18. The van der Waals surface area contributed by atoms with Gasteiger partial charge in [-0.05, 0) is 43.5 Å². The number of nitrogens with zero attached hydrogens (tertiary/aromatic N) is 1. The topological polar surface area (TPSA) is 49.4 Å². The van der Waals surface area contributed by atoms with Crippen molar-refractivity contribution in [3.8, 4) is 0 Å². The van der Waals surface area contributed by atoms with E-state index in [1.807, 2.05) is 24.3 Å². The first kappa shape index (κ1) is 18.0. The van der Waals surface area contributed by atoms with E-state index in [1.54, 1.807) is 7.05 Å². The second-order valence-electron chi connectivity index (χ2n) is 5.62. The molecule has 0 bridgehead atoms. The highest BCUT2D eigenvalue weighted by molar-refractivity contribution is 7.92. The van der Waals surface area contributed by atoms with Gasteiger partial charge in [0.05, 0.1) is 11.4 Å². The van der Waals surface area contributed by atoms with E-state index in [4.69, 9.17) is 0 Å². The van der Waals surface area contributed by atoms with E-state index in [1.165, 1.54) is 9.87 Å². The van der Waals surface area contributed by atoms with Crippen LogP contribution in [0, 0.1) is 0 Å². The molecule has 0 saturated carbocycles. The number of nitrogens with one attached hydrogen (secondary N) is 1. The summed E-state index contributed by atoms with van der Waals surface area (Å²) in [7, 11) is -1.60. The minimum atomic E-state index is -3.23. The number of benzene rings is 1. The molecule has 0 aliphatic carbocycles. The molecule has 120 valence electrons. The Morgan fingerprint density at radius 2 is 1.76 bits per heavy atom. The molecule has 1 N–H and O–H groups in total. The predicted octanol–water partition coefficient (Wildman–Crippen LogP) is 2.79. The summed E-state index contributed by atoms with van der Waals surface area (Å²) in [5, 5.41) is 3.30. The number of anilines is 1. The summed E-state index contributed by atoms with van der Waals surface area (Å²) in [5.74, 6) is 0.193. The lowest BCUT2D eigenvalue weighted by Crippen LogP contribution is -2.30. The van der Waals surface area contributed by atoms with Crippen molar-refractivity contribution in [3.63, 3.8) is 0 Å². The van der Waals surface area contributed by atoms with Gasteiger partial charge in [0.1, 0.15) is 0 Å². The van der Waals surface area contributed by atoms with E-state index in [9.17, 15) is 8.42 Å². The summed E-state index contributed by atoms with van der Waals surface area (Å²) >= 11 is 0. The molecule has 1 aromatic rings. The smallest absolute Gasteiger partial charge is 0.234 e. The van der Waals surface area contributed by atoms with Gasteiger partial charge >= 0.3 is 0 Å². The maximum Gasteiger partial charge on any atom is 0.234 e. The van der Waals surface area contributed by atoms with Crippen molar-refractivity contribution in [1.29, 1.82) is 0 Å². The van der Waals surface area contributed by atoms with Gasteiger partial charge in [-0.1, -0.05) is 32.9 Å². The van der Waals surface area contributed by atoms with Gasteiger partial charge in [0, 0.05) is 13.1 Å². The van der Waals surface area contributed by atoms with Crippen LogP contribution in [0.1, 0.15) is 39.2 Å². The van der Waals surface area contributed by atoms with E-state index in [2.05, 4.69) is 26.1 Å². The van der Waals surface area contributed by atoms with E-state index < -0.39 is 10.0 Å². The maximum atomic E-state index is 12.3. The molecular weight excluding hydrogens is 284 g/mol. The molecule has 1 rings (SSSR count). The molecular formula is C16H28N2O2S. The lowest BCUT2D eigenvalue weighted by Gasteiger charge is -2.19. The van der Waals surface area contributed by atoms with Crippen LogP contribution >= 0.6 is 0 Å². The monoisotopic (exact) mass is 312 g/mol. The average Bonchev–Trinajstić information content (AvgIpc) is 2.45. The predicted molar refractivity (Wildman–Crippen MR) is 90.4 cm³/mol. The SMILES string of the molecule is CCc1ccc(N(C)S(=O)(=O)CCCCNC(C)C)cc1. The molecule has 5 heteroatoms. The van der Waals surface area contributed by atoms with Crippen LogP contribution in [0.5, 0.6) is 0 Å². The van der Waals surface area contributed by atoms with Crippen molar-refractivity contribution in [2.75, 3.05) is 23.7 Å². The quantitative estimate of drug-likeness (QED) is 0.713. The van der Waals surface area contributed by atoms with Crippen LogP contribution in [0.25, 0.3) is 0 Å². The van der Waals surface area contributed by atoms with E-state index in [0.29, 0.717) is 12.5 Å². The summed E-state index contributed by atoms with van der Waals surface area (Å²) in [6.07, 6.45) is 2.51. The third-order valence-electron chi connectivity index (χ3n) is 3.51. The fraction of sp³-hybridized carbons (Fsp3) is 0.625. The fourth-order valence-corrected chi connectivity index (χ4v) is 3.33. The zero-order chi connectivity index (χ0) is 15.9. The zero-order valence-electron chi connectivity index (χ0n) is 13.6. The average molecular weight is 312 g/mol. The molecule has 0 fully saturated rings. The first-order valence-corrected chi connectivity index (χ1v) is 9.26. The summed E-state index contributed by atoms with van der Waals surface area (Å²) in [6.45, 7) is 7.12. The molecule has 0 spiro atoms. The Kier molecular flexibility index (Phi) is 7.18. The van der Waals surface area contributed by atoms with Crippen molar-refractivity contribution in [2.45, 2.75) is 46.1 Å². The second-order valence-corrected chi connectivity index (χ2v) is 7.74. The van der Waals surface area contributed by atoms with Gasteiger partial charge in [-0.15, -0.1) is 0 Å². The lowest BCUT2D eigenvalue weighted by atomic mass is 10.1. The Bertz CT molecular complexity index is 510. The number of sulfonamides is 1. The lowest BCUT2D eigenvalue weighted by molar-refractivity contribution is 0.559. The van der Waals surface area contributed by atoms with Crippen molar-refractivity contribution >= 4 is 15.7 Å². The van der Waals surface area contributed by atoms with Crippen molar-refractivity contribution in [1.82, 2.24) is 5.32 Å². The van der Waals surface area contributed by atoms with Crippen LogP contribution in [-0.2, 0) is 16.4 Å². The Morgan fingerprint density at radius 3 is 2.29 bits per heavy atom. The van der Waals surface area contributed by atoms with Gasteiger partial charge in [-0.2, -0.15) is 0 Å². The summed E-state index contributed by atoms with van der Waals surface area (Å²) in [5.41, 5.74) is 1.94. The molecule has 4 nitrogen and oxygen atoms in total. The zero-order valence-corrected chi connectivity index (χ0v) is 14.4. The van der Waals surface area contributed by atoms with Gasteiger partial charge in [0.15, 0.2) is 0 Å². The molecule has 0 heterocycles. The van der Waals surface area contributed by atoms with E-state index in [-0.39, 0.29) is 5.75 Å². The molecule has 0 amide bonds. The van der Waals surface area contributed by atoms with Gasteiger partial charge in [0.2, 0.25) is 10.0 Å². The number of aryl methyl sites for hydroxylation is 1. The first-order chi connectivity index (χ1) is 9.86. The van der Waals surface area contributed by atoms with Gasteiger partial charge in [-0.3, -0.25) is 4.31 Å². The second kappa shape index (κ2) is 8.39. The third-order valence-corrected chi connectivity index (χ3v) is 5.36. The molecule has 0 aliphatic rings. The van der Waals surface area contributed by atoms with Crippen LogP contribution < -0.4 is 9.62 Å². The van der Waals surface area contributed by atoms with E-state index >= 15 is 0 Å². The molecule has 0 saturated heterocycles. The number of hydrogen-bond acceptors (Lipinski definition) is 3. The van der Waals surface area contributed by atoms with Crippen LogP contribution in [0.3, 0.4) is 0 Å². The highest BCUT2D eigenvalue weighted by atomic mass is 32.2. The Labute approximate surface area is 129 Å². The largest absolute Gasteiger partial charge is 0.315 e. The summed E-state index contributed by atoms with van der Waals surface area (Å²) in [4.78, 5) is 0. The molecule has 0 unspecified atom stereocenters. The van der Waals surface area contributed by atoms with E-state index in [0.717, 1.165) is 25.1 Å². The summed E-state index contributed by atoms with van der Waals surface area (Å²) < 4.78 is 26.0. The van der Waals surface area contributed by atoms with Crippen molar-refractivity contribution in [2.24, 2.45) is 0 Å². The number of hydrogen-bond donors (Lipinski definition) is 1. The normalized spacial score (nSPS) is 11.9. The molecule has 21 heavy (non-hydrogen) atoms. The van der Waals surface area contributed by atoms with Crippen LogP contribution in [0.2, 0.25) is 0 Å². The minimum Gasteiger partial charge on any atom is -0.315 e. The standard InChI is InChI=1S/C16H28N2O2S/c1-5-15-8-10-16(11-9-15)18(4)21(19,20)13-7-6-12-17-14(2)3/h8-11,14,17H,5-7,12-13H2,1-4H3. The Balaban J connectivity index is 2.52. The van der Waals surface area contributed by atoms with Crippen LogP contribution in [0.4, 0.5) is 5.69 Å². The molecule has 0 aromatic heterocycles. The van der Waals surface area contributed by atoms with Crippen molar-refractivity contribution < 1.29 is 8.42 Å². The molecule has 0 atom stereocenters. The fourth-order valence-electron chi connectivity index (χ4n) is 2.04. The molecule has 0 aliphatic heterocycles. The number of unbranched alkanes of at least 4 members (excludes halogenated alkanes) is 1. The maximum absolute atomic E-state index is 12.3.